The first-order chi connectivity index (χ1) is 14.5. The molecule has 0 saturated carbocycles. The summed E-state index contributed by atoms with van der Waals surface area (Å²) in [5.41, 5.74) is 6.29. The highest BCUT2D eigenvalue weighted by atomic mass is 32.2. The first-order valence-corrected chi connectivity index (χ1v) is 12.8. The summed E-state index contributed by atoms with van der Waals surface area (Å²) in [4.78, 5) is 18.3. The van der Waals surface area contributed by atoms with Gasteiger partial charge in [0.05, 0.1) is 35.5 Å². The van der Waals surface area contributed by atoms with Crippen LogP contribution in [0.25, 0.3) is 6.08 Å². The SMILES string of the molecule is CCOP(=O)(Cc1ccc(C(=O)NS2=C3C(=Cc4ccccc43)N=C2)cc1)OCC. The number of fused-ring (bicyclic) bond motifs is 3. The molecule has 1 unspecified atom stereocenters. The molecule has 0 bridgehead atoms. The predicted octanol–water partition coefficient (Wildman–Crippen LogP) is 4.98. The highest BCUT2D eigenvalue weighted by Crippen LogP contribution is 2.51. The van der Waals surface area contributed by atoms with Gasteiger partial charge in [0.15, 0.2) is 0 Å². The lowest BCUT2D eigenvalue weighted by Gasteiger charge is -2.17. The summed E-state index contributed by atoms with van der Waals surface area (Å²) in [5, 5.41) is 0. The van der Waals surface area contributed by atoms with Gasteiger partial charge >= 0.3 is 7.60 Å². The van der Waals surface area contributed by atoms with Gasteiger partial charge in [-0.25, -0.2) is 4.99 Å². The maximum Gasteiger partial charge on any atom is 0.335 e. The van der Waals surface area contributed by atoms with E-state index in [1.54, 1.807) is 43.7 Å². The molecule has 156 valence electrons. The minimum absolute atomic E-state index is 0.174. The topological polar surface area (TPSA) is 77.0 Å². The molecular formula is C22H23N2O4PS. The number of aliphatic imine (C=N–C) groups is 1. The van der Waals surface area contributed by atoms with E-state index in [4.69, 9.17) is 9.05 Å². The molecular weight excluding hydrogens is 419 g/mol. The van der Waals surface area contributed by atoms with Gasteiger partial charge in [-0.1, -0.05) is 36.4 Å². The van der Waals surface area contributed by atoms with Crippen LogP contribution in [0, 0.1) is 0 Å². The van der Waals surface area contributed by atoms with Crippen LogP contribution in [0.2, 0.25) is 0 Å². The van der Waals surface area contributed by atoms with E-state index in [-0.39, 0.29) is 12.1 Å². The average Bonchev–Trinajstić information content (AvgIpc) is 3.28. The molecule has 0 fully saturated rings. The fourth-order valence-corrected chi connectivity index (χ4v) is 6.67. The molecule has 0 saturated heterocycles. The van der Waals surface area contributed by atoms with Crippen molar-refractivity contribution in [3.63, 3.8) is 0 Å². The van der Waals surface area contributed by atoms with Gasteiger partial charge < -0.3 is 9.05 Å². The van der Waals surface area contributed by atoms with Crippen molar-refractivity contribution in [2.45, 2.75) is 20.0 Å². The number of allylic oxidation sites excluding steroid dienone is 1. The second-order valence-electron chi connectivity index (χ2n) is 6.75. The van der Waals surface area contributed by atoms with Gasteiger partial charge in [0.25, 0.3) is 5.91 Å². The van der Waals surface area contributed by atoms with Gasteiger partial charge in [-0.3, -0.25) is 14.1 Å². The fourth-order valence-electron chi connectivity index (χ4n) is 3.41. The lowest BCUT2D eigenvalue weighted by atomic mass is 10.1. The third-order valence-corrected chi connectivity index (χ3v) is 8.34. The molecule has 8 heteroatoms. The second-order valence-corrected chi connectivity index (χ2v) is 10.3. The molecule has 6 nitrogen and oxygen atoms in total. The van der Waals surface area contributed by atoms with Crippen molar-refractivity contribution < 1.29 is 18.4 Å². The van der Waals surface area contributed by atoms with Crippen molar-refractivity contribution in [2.24, 2.45) is 4.99 Å². The minimum Gasteiger partial charge on any atom is -0.309 e. The summed E-state index contributed by atoms with van der Waals surface area (Å²) in [6, 6.07) is 15.1. The summed E-state index contributed by atoms with van der Waals surface area (Å²) in [6.45, 7) is 4.21. The normalized spacial score (nSPS) is 16.9. The van der Waals surface area contributed by atoms with Crippen molar-refractivity contribution >= 4 is 40.7 Å². The van der Waals surface area contributed by atoms with Crippen LogP contribution in [0.4, 0.5) is 0 Å². The molecule has 1 heterocycles. The number of carbonyl (C=O) groups is 1. The molecule has 1 amide bonds. The zero-order valence-corrected chi connectivity index (χ0v) is 18.5. The number of hydrogen-bond acceptors (Lipinski definition) is 5. The van der Waals surface area contributed by atoms with Gasteiger partial charge in [0, 0.05) is 5.56 Å². The van der Waals surface area contributed by atoms with Crippen LogP contribution in [-0.2, 0) is 19.8 Å². The van der Waals surface area contributed by atoms with Crippen molar-refractivity contribution in [3.05, 3.63) is 76.5 Å². The van der Waals surface area contributed by atoms with Crippen LogP contribution in [-0.4, -0.2) is 29.5 Å². The van der Waals surface area contributed by atoms with Gasteiger partial charge in [-0.15, -0.1) is 0 Å². The smallest absolute Gasteiger partial charge is 0.309 e. The lowest BCUT2D eigenvalue weighted by molar-refractivity contribution is 0.0984. The first kappa shape index (κ1) is 20.9. The van der Waals surface area contributed by atoms with Gasteiger partial charge in [-0.05, 0) is 59.4 Å². The van der Waals surface area contributed by atoms with E-state index < -0.39 is 18.3 Å². The lowest BCUT2D eigenvalue weighted by Crippen LogP contribution is -2.19. The maximum atomic E-state index is 12.8. The van der Waals surface area contributed by atoms with Gasteiger partial charge in [-0.2, -0.15) is 0 Å². The second kappa shape index (κ2) is 8.82. The van der Waals surface area contributed by atoms with Gasteiger partial charge in [0.2, 0.25) is 0 Å². The molecule has 0 spiro atoms. The zero-order valence-electron chi connectivity index (χ0n) is 16.8. The van der Waals surface area contributed by atoms with E-state index in [9.17, 15) is 9.36 Å². The van der Waals surface area contributed by atoms with Crippen molar-refractivity contribution in [3.8, 4) is 0 Å². The van der Waals surface area contributed by atoms with E-state index in [1.807, 2.05) is 18.2 Å². The Kier molecular flexibility index (Phi) is 6.16. The molecule has 1 atom stereocenters. The Hall–Kier alpha value is -2.31. The third-order valence-electron chi connectivity index (χ3n) is 4.69. The summed E-state index contributed by atoms with van der Waals surface area (Å²) in [7, 11) is -3.75. The number of hydrogen-bond donors (Lipinski definition) is 1. The van der Waals surface area contributed by atoms with Crippen LogP contribution < -0.4 is 4.72 Å². The number of nitrogens with one attached hydrogen (secondary N) is 1. The molecule has 0 radical (unpaired) electrons. The van der Waals surface area contributed by atoms with Crippen LogP contribution in [0.15, 0.2) is 59.2 Å². The van der Waals surface area contributed by atoms with E-state index in [1.165, 1.54) is 0 Å². The monoisotopic (exact) mass is 442 g/mol. The molecule has 30 heavy (non-hydrogen) atoms. The molecule has 2 aromatic rings. The predicted molar refractivity (Wildman–Crippen MR) is 123 cm³/mol. The van der Waals surface area contributed by atoms with E-state index in [2.05, 4.69) is 21.8 Å². The first-order valence-electron chi connectivity index (χ1n) is 9.77. The maximum absolute atomic E-state index is 12.8. The number of carbonyl (C=O) groups excluding carboxylic acids is 1. The molecule has 4 rings (SSSR count). The van der Waals surface area contributed by atoms with Crippen LogP contribution in [0.5, 0.6) is 0 Å². The van der Waals surface area contributed by atoms with Crippen LogP contribution in [0.1, 0.15) is 40.9 Å². The molecule has 1 aliphatic carbocycles. The molecule has 0 aromatic heterocycles. The summed E-state index contributed by atoms with van der Waals surface area (Å²) in [6.07, 6.45) is 2.22. The summed E-state index contributed by atoms with van der Waals surface area (Å²) < 4.78 is 26.4. The number of benzene rings is 2. The van der Waals surface area contributed by atoms with E-state index in [0.717, 1.165) is 27.3 Å². The standard InChI is InChI=1S/C22H23N2O4PS/c1-3-27-29(26,28-4-2)14-16-9-11-17(12-10-16)22(25)24-30-15-23-20-13-18-7-5-6-8-19(18)21(20)30/h5-13,15H,3-4,14H2,1-2H3,(H,24,25). The Morgan fingerprint density at radius 1 is 1.07 bits per heavy atom. The van der Waals surface area contributed by atoms with Gasteiger partial charge in [0.1, 0.15) is 0 Å². The fraction of sp³-hybridized carbons (Fsp3) is 0.227. The third kappa shape index (κ3) is 4.25. The molecule has 2 aliphatic rings. The molecule has 1 N–H and O–H groups in total. The number of amides is 1. The van der Waals surface area contributed by atoms with Crippen LogP contribution in [0.3, 0.4) is 0 Å². The Bertz CT molecular complexity index is 1110. The zero-order chi connectivity index (χ0) is 21.1. The Morgan fingerprint density at radius 3 is 2.47 bits per heavy atom. The van der Waals surface area contributed by atoms with E-state index >= 15 is 0 Å². The van der Waals surface area contributed by atoms with Crippen molar-refractivity contribution in [1.82, 2.24) is 4.72 Å². The Morgan fingerprint density at radius 2 is 1.77 bits per heavy atom. The van der Waals surface area contributed by atoms with E-state index in [0.29, 0.717) is 18.8 Å². The van der Waals surface area contributed by atoms with Crippen LogP contribution >= 0.6 is 18.3 Å². The molecule has 2 aromatic carbocycles. The van der Waals surface area contributed by atoms with Crippen molar-refractivity contribution in [2.75, 3.05) is 13.2 Å². The minimum atomic E-state index is -3.17. The summed E-state index contributed by atoms with van der Waals surface area (Å²) in [5.74, 6) is -0.174. The highest BCUT2D eigenvalue weighted by Gasteiger charge is 2.26. The largest absolute Gasteiger partial charge is 0.335 e. The quantitative estimate of drug-likeness (QED) is 0.462. The Labute approximate surface area is 178 Å². The van der Waals surface area contributed by atoms with Crippen molar-refractivity contribution in [1.29, 1.82) is 0 Å². The Balaban J connectivity index is 1.49. The summed E-state index contributed by atoms with van der Waals surface area (Å²) >= 11 is 0. The highest BCUT2D eigenvalue weighted by molar-refractivity contribution is 8.26. The number of rotatable bonds is 8. The average molecular weight is 442 g/mol. The number of nitrogens with zero attached hydrogens (tertiary/aromatic N) is 1. The molecule has 1 aliphatic heterocycles.